The van der Waals surface area contributed by atoms with Gasteiger partial charge in [-0.05, 0) is 79.6 Å². The number of rotatable bonds is 11. The summed E-state index contributed by atoms with van der Waals surface area (Å²) >= 11 is 5.91. The van der Waals surface area contributed by atoms with Gasteiger partial charge in [-0.3, -0.25) is 4.99 Å². The molecule has 0 aromatic heterocycles. The molecule has 1 fully saturated rings. The highest BCUT2D eigenvalue weighted by molar-refractivity contribution is 6.30. The summed E-state index contributed by atoms with van der Waals surface area (Å²) < 4.78 is 14.2. The van der Waals surface area contributed by atoms with E-state index in [4.69, 9.17) is 16.6 Å². The summed E-state index contributed by atoms with van der Waals surface area (Å²) in [5.74, 6) is 0.480. The molecular formula is C28H37ClFN3. The van der Waals surface area contributed by atoms with Crippen molar-refractivity contribution in [3.63, 3.8) is 0 Å². The van der Waals surface area contributed by atoms with Crippen LogP contribution in [0.2, 0.25) is 5.02 Å². The molecule has 5 heteroatoms. The van der Waals surface area contributed by atoms with Gasteiger partial charge in [0.1, 0.15) is 11.7 Å². The minimum atomic E-state index is -0.390. The molecule has 0 amide bonds. The standard InChI is InChI=1S/C28H37ClFN3/c1-5-11-23(24-14-15-26(29)27(30)20-24)19-22(16-17-31-6-2)21(4)18-28(32-7-3)33-25-12-9-8-10-13-25/h6-7,14-20,23,25,31H,2-3,5,8-13H2,1,4H3,(H,32,33)/b17-16-,21-18+,22-19+. The summed E-state index contributed by atoms with van der Waals surface area (Å²) in [4.78, 5) is 4.95. The van der Waals surface area contributed by atoms with Gasteiger partial charge in [0.05, 0.1) is 11.1 Å². The molecule has 2 rings (SSSR count). The molecule has 1 aromatic carbocycles. The average molecular weight is 470 g/mol. The molecule has 0 radical (unpaired) electrons. The van der Waals surface area contributed by atoms with E-state index in [-0.39, 0.29) is 10.9 Å². The van der Waals surface area contributed by atoms with Gasteiger partial charge in [-0.25, -0.2) is 4.39 Å². The lowest BCUT2D eigenvalue weighted by Crippen LogP contribution is -2.20. The lowest BCUT2D eigenvalue weighted by Gasteiger charge is -2.19. The van der Waals surface area contributed by atoms with Gasteiger partial charge in [-0.15, -0.1) is 0 Å². The molecule has 1 aliphatic carbocycles. The number of halogens is 2. The van der Waals surface area contributed by atoms with Crippen LogP contribution in [0.15, 0.2) is 84.3 Å². The number of benzene rings is 1. The van der Waals surface area contributed by atoms with E-state index in [2.05, 4.69) is 49.8 Å². The number of amidine groups is 1. The fourth-order valence-corrected chi connectivity index (χ4v) is 4.17. The maximum Gasteiger partial charge on any atom is 0.142 e. The molecular weight excluding hydrogens is 433 g/mol. The number of nitrogens with one attached hydrogen (secondary N) is 2. The molecule has 0 aliphatic heterocycles. The summed E-state index contributed by atoms with van der Waals surface area (Å²) in [5, 5.41) is 6.35. The lowest BCUT2D eigenvalue weighted by molar-refractivity contribution is 0.443. The Labute approximate surface area is 203 Å². The quantitative estimate of drug-likeness (QED) is 0.196. The summed E-state index contributed by atoms with van der Waals surface area (Å²) in [6.45, 7) is 11.7. The normalized spacial score (nSPS) is 17.2. The van der Waals surface area contributed by atoms with Crippen LogP contribution in [0.1, 0.15) is 70.3 Å². The highest BCUT2D eigenvalue weighted by Gasteiger charge is 2.14. The first-order valence-corrected chi connectivity index (χ1v) is 12.2. The zero-order valence-corrected chi connectivity index (χ0v) is 20.7. The molecule has 0 saturated heterocycles. The smallest absolute Gasteiger partial charge is 0.142 e. The van der Waals surface area contributed by atoms with Crippen LogP contribution in [0.4, 0.5) is 4.39 Å². The molecule has 0 heterocycles. The molecule has 3 nitrogen and oxygen atoms in total. The van der Waals surface area contributed by atoms with Gasteiger partial charge in [0.25, 0.3) is 0 Å². The van der Waals surface area contributed by atoms with Crippen LogP contribution in [0.3, 0.4) is 0 Å². The molecule has 33 heavy (non-hydrogen) atoms. The second kappa shape index (κ2) is 14.5. The number of hydrogen-bond donors (Lipinski definition) is 2. The fourth-order valence-electron chi connectivity index (χ4n) is 4.06. The monoisotopic (exact) mass is 469 g/mol. The van der Waals surface area contributed by atoms with Gasteiger partial charge in [0, 0.05) is 12.1 Å². The van der Waals surface area contributed by atoms with Crippen molar-refractivity contribution in [2.75, 3.05) is 0 Å². The van der Waals surface area contributed by atoms with Gasteiger partial charge >= 0.3 is 0 Å². The molecule has 0 spiro atoms. The summed E-state index contributed by atoms with van der Waals surface area (Å²) in [7, 11) is 0. The first-order chi connectivity index (χ1) is 16.0. The SMILES string of the molecule is C=CN\C=C/C(=C\C(CCC)c1ccc(Cl)c(F)c1)C(/C)=C/C(=NC1CCCCC1)NC=C. The molecule has 1 unspecified atom stereocenters. The Morgan fingerprint density at radius 1 is 1.24 bits per heavy atom. The third kappa shape index (κ3) is 9.05. The van der Waals surface area contributed by atoms with E-state index in [9.17, 15) is 4.39 Å². The van der Waals surface area contributed by atoms with E-state index in [0.29, 0.717) is 6.04 Å². The molecule has 0 bridgehead atoms. The van der Waals surface area contributed by atoms with E-state index < -0.39 is 5.82 Å². The van der Waals surface area contributed by atoms with Crippen molar-refractivity contribution in [3.05, 3.63) is 95.7 Å². The van der Waals surface area contributed by atoms with E-state index >= 15 is 0 Å². The fraction of sp³-hybridized carbons (Fsp3) is 0.393. The van der Waals surface area contributed by atoms with Gasteiger partial charge in [0.15, 0.2) is 0 Å². The predicted molar refractivity (Wildman–Crippen MR) is 141 cm³/mol. The minimum absolute atomic E-state index is 0.0552. The van der Waals surface area contributed by atoms with Crippen molar-refractivity contribution < 1.29 is 4.39 Å². The molecule has 2 N–H and O–H groups in total. The second-order valence-corrected chi connectivity index (χ2v) is 8.78. The molecule has 1 saturated carbocycles. The topological polar surface area (TPSA) is 36.4 Å². The number of nitrogens with zero attached hydrogens (tertiary/aromatic N) is 1. The largest absolute Gasteiger partial charge is 0.368 e. The Hall–Kier alpha value is -2.59. The highest BCUT2D eigenvalue weighted by atomic mass is 35.5. The van der Waals surface area contributed by atoms with Crippen molar-refractivity contribution in [2.24, 2.45) is 4.99 Å². The number of allylic oxidation sites excluding steroid dienone is 4. The summed E-state index contributed by atoms with van der Waals surface area (Å²) in [6.07, 6.45) is 19.3. The van der Waals surface area contributed by atoms with E-state index in [0.717, 1.165) is 48.2 Å². The van der Waals surface area contributed by atoms with Crippen LogP contribution in [-0.4, -0.2) is 11.9 Å². The zero-order chi connectivity index (χ0) is 24.1. The van der Waals surface area contributed by atoms with Crippen LogP contribution in [0.25, 0.3) is 0 Å². The molecule has 1 atom stereocenters. The van der Waals surface area contributed by atoms with Crippen molar-refractivity contribution >= 4 is 17.4 Å². The van der Waals surface area contributed by atoms with E-state index in [1.165, 1.54) is 25.3 Å². The molecule has 1 aliphatic rings. The first kappa shape index (κ1) is 26.7. The Balaban J connectivity index is 2.44. The van der Waals surface area contributed by atoms with Crippen LogP contribution in [0, 0.1) is 5.82 Å². The summed E-state index contributed by atoms with van der Waals surface area (Å²) in [5.41, 5.74) is 2.99. The van der Waals surface area contributed by atoms with Gasteiger partial charge < -0.3 is 10.6 Å². The van der Waals surface area contributed by atoms with Gasteiger partial charge in [-0.1, -0.05) is 69.5 Å². The third-order valence-electron chi connectivity index (χ3n) is 5.78. The van der Waals surface area contributed by atoms with Crippen molar-refractivity contribution in [1.82, 2.24) is 10.6 Å². The maximum absolute atomic E-state index is 14.2. The number of aliphatic imine (C=N–C) groups is 1. The van der Waals surface area contributed by atoms with E-state index in [1.54, 1.807) is 18.5 Å². The Kier molecular flexibility index (Phi) is 11.7. The maximum atomic E-state index is 14.2. The van der Waals surface area contributed by atoms with Crippen molar-refractivity contribution in [1.29, 1.82) is 0 Å². The van der Waals surface area contributed by atoms with E-state index in [1.807, 2.05) is 18.3 Å². The summed E-state index contributed by atoms with van der Waals surface area (Å²) in [6, 6.07) is 5.42. The third-order valence-corrected chi connectivity index (χ3v) is 6.09. The lowest BCUT2D eigenvalue weighted by atomic mass is 9.90. The Morgan fingerprint density at radius 2 is 2.00 bits per heavy atom. The zero-order valence-electron chi connectivity index (χ0n) is 19.9. The van der Waals surface area contributed by atoms with Gasteiger partial charge in [0.2, 0.25) is 0 Å². The molecule has 1 aromatic rings. The van der Waals surface area contributed by atoms with Crippen LogP contribution in [0.5, 0.6) is 0 Å². The average Bonchev–Trinajstić information content (AvgIpc) is 2.80. The van der Waals surface area contributed by atoms with Crippen LogP contribution in [-0.2, 0) is 0 Å². The number of hydrogen-bond acceptors (Lipinski definition) is 2. The highest BCUT2D eigenvalue weighted by Crippen LogP contribution is 2.29. The first-order valence-electron chi connectivity index (χ1n) is 11.8. The van der Waals surface area contributed by atoms with Crippen molar-refractivity contribution in [3.8, 4) is 0 Å². The second-order valence-electron chi connectivity index (χ2n) is 8.38. The van der Waals surface area contributed by atoms with Gasteiger partial charge in [-0.2, -0.15) is 0 Å². The van der Waals surface area contributed by atoms with Crippen molar-refractivity contribution in [2.45, 2.75) is 70.8 Å². The Morgan fingerprint density at radius 3 is 2.64 bits per heavy atom. The van der Waals surface area contributed by atoms with Crippen LogP contribution < -0.4 is 10.6 Å². The Bertz CT molecular complexity index is 908. The minimum Gasteiger partial charge on any atom is -0.368 e. The predicted octanol–water partition coefficient (Wildman–Crippen LogP) is 7.95. The van der Waals surface area contributed by atoms with Crippen LogP contribution >= 0.6 is 11.6 Å². The molecule has 178 valence electrons.